The van der Waals surface area contributed by atoms with Gasteiger partial charge in [0.05, 0.1) is 17.1 Å². The van der Waals surface area contributed by atoms with Crippen LogP contribution in [-0.2, 0) is 22.9 Å². The van der Waals surface area contributed by atoms with Crippen molar-refractivity contribution in [3.05, 3.63) is 23.0 Å². The molecular weight excluding hydrogens is 315 g/mol. The van der Waals surface area contributed by atoms with Crippen molar-refractivity contribution in [1.29, 1.82) is 0 Å². The molecule has 20 heavy (non-hydrogen) atoms. The summed E-state index contributed by atoms with van der Waals surface area (Å²) in [5.41, 5.74) is 0.969. The van der Waals surface area contributed by atoms with Gasteiger partial charge in [-0.3, -0.25) is 9.19 Å². The average Bonchev–Trinajstić information content (AvgIpc) is 2.62. The van der Waals surface area contributed by atoms with Gasteiger partial charge in [-0.2, -0.15) is 0 Å². The van der Waals surface area contributed by atoms with Gasteiger partial charge in [-0.25, -0.2) is 4.79 Å². The SMILES string of the molecule is CCOC(=O)c1c(Cl)c2ncc(S(=O)[O-])cc2n1C.[Na+]. The maximum absolute atomic E-state index is 11.8. The zero-order chi connectivity index (χ0) is 14.2. The molecule has 2 aromatic rings. The minimum atomic E-state index is -2.39. The molecule has 0 fully saturated rings. The minimum Gasteiger partial charge on any atom is -0.768 e. The van der Waals surface area contributed by atoms with E-state index in [1.54, 1.807) is 14.0 Å². The van der Waals surface area contributed by atoms with Crippen LogP contribution < -0.4 is 29.6 Å². The number of hydrogen-bond donors (Lipinski definition) is 0. The summed E-state index contributed by atoms with van der Waals surface area (Å²) in [4.78, 5) is 15.8. The van der Waals surface area contributed by atoms with Crippen LogP contribution in [0.4, 0.5) is 0 Å². The molecule has 1 atom stereocenters. The van der Waals surface area contributed by atoms with Crippen LogP contribution in [0, 0.1) is 0 Å². The average molecular weight is 325 g/mol. The number of fused-ring (bicyclic) bond motifs is 1. The number of nitrogens with zero attached hydrogens (tertiary/aromatic N) is 2. The summed E-state index contributed by atoms with van der Waals surface area (Å²) in [5, 5.41) is 0.152. The smallest absolute Gasteiger partial charge is 0.768 e. The van der Waals surface area contributed by atoms with E-state index < -0.39 is 17.0 Å². The van der Waals surface area contributed by atoms with E-state index in [2.05, 4.69) is 4.98 Å². The van der Waals surface area contributed by atoms with E-state index in [0.717, 1.165) is 0 Å². The summed E-state index contributed by atoms with van der Waals surface area (Å²) >= 11 is 3.70. The summed E-state index contributed by atoms with van der Waals surface area (Å²) in [6.45, 7) is 1.91. The zero-order valence-corrected chi connectivity index (χ0v) is 14.7. The Morgan fingerprint density at radius 3 is 2.80 bits per heavy atom. The maximum atomic E-state index is 11.8. The molecule has 0 bridgehead atoms. The van der Waals surface area contributed by atoms with Gasteiger partial charge >= 0.3 is 35.5 Å². The molecule has 0 aliphatic carbocycles. The number of hydrogen-bond acceptors (Lipinski definition) is 5. The molecule has 0 aromatic carbocycles. The number of rotatable bonds is 3. The third-order valence-corrected chi connectivity index (χ3v) is 3.58. The van der Waals surface area contributed by atoms with Gasteiger partial charge in [0.15, 0.2) is 0 Å². The van der Waals surface area contributed by atoms with E-state index in [1.807, 2.05) is 0 Å². The van der Waals surface area contributed by atoms with Crippen molar-refractivity contribution in [3.63, 3.8) is 0 Å². The number of carbonyl (C=O) groups is 1. The number of aromatic nitrogens is 2. The number of carbonyl (C=O) groups excluding carboxylic acids is 1. The Labute approximate surface area is 145 Å². The third-order valence-electron chi connectivity index (χ3n) is 2.62. The predicted octanol–water partition coefficient (Wildman–Crippen LogP) is -1.35. The van der Waals surface area contributed by atoms with Crippen molar-refractivity contribution in [2.24, 2.45) is 7.05 Å². The minimum absolute atomic E-state index is 0. The van der Waals surface area contributed by atoms with Gasteiger partial charge < -0.3 is 13.9 Å². The van der Waals surface area contributed by atoms with Crippen molar-refractivity contribution in [2.45, 2.75) is 11.8 Å². The number of aryl methyl sites for hydroxylation is 1. The molecule has 0 aliphatic rings. The molecular formula is C11H10ClN2NaO4S. The van der Waals surface area contributed by atoms with Gasteiger partial charge in [-0.05, 0) is 24.1 Å². The Morgan fingerprint density at radius 1 is 1.60 bits per heavy atom. The van der Waals surface area contributed by atoms with Crippen LogP contribution >= 0.6 is 11.6 Å². The van der Waals surface area contributed by atoms with E-state index in [1.165, 1.54) is 16.8 Å². The quantitative estimate of drug-likeness (QED) is 0.396. The second-order valence-electron chi connectivity index (χ2n) is 3.72. The molecule has 0 radical (unpaired) electrons. The van der Waals surface area contributed by atoms with Crippen LogP contribution in [0.1, 0.15) is 17.4 Å². The van der Waals surface area contributed by atoms with Gasteiger partial charge in [-0.1, -0.05) is 11.6 Å². The van der Waals surface area contributed by atoms with Crippen LogP contribution in [0.25, 0.3) is 11.0 Å². The molecule has 2 rings (SSSR count). The molecule has 0 saturated heterocycles. The fraction of sp³-hybridized carbons (Fsp3) is 0.273. The number of esters is 1. The molecule has 2 aromatic heterocycles. The Balaban J connectivity index is 0.00000200. The molecule has 0 saturated carbocycles. The number of pyridine rings is 1. The molecule has 0 aliphatic heterocycles. The van der Waals surface area contributed by atoms with E-state index in [-0.39, 0.29) is 51.8 Å². The molecule has 0 spiro atoms. The van der Waals surface area contributed by atoms with Gasteiger partial charge in [0.2, 0.25) is 0 Å². The fourth-order valence-electron chi connectivity index (χ4n) is 1.76. The summed E-state index contributed by atoms with van der Waals surface area (Å²) in [6.07, 6.45) is 1.19. The molecule has 1 unspecified atom stereocenters. The topological polar surface area (TPSA) is 84.2 Å². The second-order valence-corrected chi connectivity index (χ2v) is 5.03. The first kappa shape index (κ1) is 17.6. The van der Waals surface area contributed by atoms with Gasteiger partial charge in [0.1, 0.15) is 11.2 Å². The van der Waals surface area contributed by atoms with Gasteiger partial charge in [-0.15, -0.1) is 0 Å². The van der Waals surface area contributed by atoms with Crippen molar-refractivity contribution < 1.29 is 47.9 Å². The second kappa shape index (κ2) is 7.02. The van der Waals surface area contributed by atoms with Crippen molar-refractivity contribution >= 4 is 39.7 Å². The summed E-state index contributed by atoms with van der Waals surface area (Å²) < 4.78 is 28.2. The van der Waals surface area contributed by atoms with E-state index >= 15 is 0 Å². The monoisotopic (exact) mass is 324 g/mol. The molecule has 102 valence electrons. The van der Waals surface area contributed by atoms with Crippen molar-refractivity contribution in [3.8, 4) is 0 Å². The first-order valence-corrected chi connectivity index (χ1v) is 6.83. The van der Waals surface area contributed by atoms with Crippen molar-refractivity contribution in [2.75, 3.05) is 6.61 Å². The van der Waals surface area contributed by atoms with Crippen LogP contribution in [0.2, 0.25) is 5.02 Å². The Morgan fingerprint density at radius 2 is 2.25 bits per heavy atom. The summed E-state index contributed by atoms with van der Waals surface area (Å²) in [7, 11) is 1.60. The molecule has 2 heterocycles. The normalized spacial score (nSPS) is 12.0. The Kier molecular flexibility index (Phi) is 6.18. The number of ether oxygens (including phenoxy) is 1. The molecule has 0 N–H and O–H groups in total. The molecule has 0 amide bonds. The summed E-state index contributed by atoms with van der Waals surface area (Å²) in [6, 6.07) is 1.40. The van der Waals surface area contributed by atoms with E-state index in [9.17, 15) is 13.6 Å². The van der Waals surface area contributed by atoms with Crippen LogP contribution in [0.15, 0.2) is 17.2 Å². The molecule has 9 heteroatoms. The Hall–Kier alpha value is -0.440. The van der Waals surface area contributed by atoms with E-state index in [0.29, 0.717) is 11.0 Å². The van der Waals surface area contributed by atoms with Crippen LogP contribution in [0.3, 0.4) is 0 Å². The first-order chi connectivity index (χ1) is 8.97. The largest absolute Gasteiger partial charge is 1.00 e. The van der Waals surface area contributed by atoms with E-state index in [4.69, 9.17) is 16.3 Å². The Bertz CT molecular complexity index is 689. The fourth-order valence-corrected chi connectivity index (χ4v) is 2.45. The van der Waals surface area contributed by atoms with Crippen molar-refractivity contribution in [1.82, 2.24) is 9.55 Å². The zero-order valence-electron chi connectivity index (χ0n) is 11.2. The van der Waals surface area contributed by atoms with Crippen LogP contribution in [-0.4, -0.2) is 30.9 Å². The first-order valence-electron chi connectivity index (χ1n) is 5.37. The third kappa shape index (κ3) is 3.08. The maximum Gasteiger partial charge on any atom is 1.00 e. The summed E-state index contributed by atoms with van der Waals surface area (Å²) in [5.74, 6) is -0.571. The van der Waals surface area contributed by atoms with Crippen LogP contribution in [0.5, 0.6) is 0 Å². The standard InChI is InChI=1S/C11H11ClN2O4S.Na/c1-3-18-11(15)10-8(12)9-7(14(10)2)4-6(5-13-9)19(16)17;/h4-5H,3H2,1-2H3,(H,16,17);/q;+1/p-1. The number of halogens is 1. The molecule has 6 nitrogen and oxygen atoms in total. The van der Waals surface area contributed by atoms with Gasteiger partial charge in [0, 0.05) is 18.1 Å². The van der Waals surface area contributed by atoms with Gasteiger partial charge in [0.25, 0.3) is 0 Å². The predicted molar refractivity (Wildman–Crippen MR) is 68.9 cm³/mol.